The molecule has 0 fully saturated rings. The summed E-state index contributed by atoms with van der Waals surface area (Å²) in [6.45, 7) is 4.98. The number of anilines is 2. The second-order valence-corrected chi connectivity index (χ2v) is 4.18. The van der Waals surface area contributed by atoms with E-state index in [0.717, 1.165) is 43.8 Å². The topological polar surface area (TPSA) is 82.3 Å². The molecule has 0 saturated carbocycles. The molecule has 3 N–H and O–H groups in total. The zero-order valence-electron chi connectivity index (χ0n) is 11.8. The second-order valence-electron chi connectivity index (χ2n) is 4.18. The first-order chi connectivity index (χ1) is 9.29. The Kier molecular flexibility index (Phi) is 7.84. The van der Waals surface area contributed by atoms with Gasteiger partial charge in [-0.3, -0.25) is 0 Å². The third kappa shape index (κ3) is 5.85. The lowest BCUT2D eigenvalue weighted by Gasteiger charge is -2.10. The molecule has 19 heavy (non-hydrogen) atoms. The number of nitrogen functional groups attached to an aromatic ring is 1. The second kappa shape index (κ2) is 9.52. The smallest absolute Gasteiger partial charge is 0.134 e. The van der Waals surface area contributed by atoms with Crippen molar-refractivity contribution in [3.8, 4) is 0 Å². The summed E-state index contributed by atoms with van der Waals surface area (Å²) in [6.07, 6.45) is 4.36. The number of rotatable bonds is 10. The largest absolute Gasteiger partial charge is 0.383 e. The lowest BCUT2D eigenvalue weighted by Crippen LogP contribution is -2.10. The fourth-order valence-electron chi connectivity index (χ4n) is 1.71. The summed E-state index contributed by atoms with van der Waals surface area (Å²) in [5, 5.41) is 3.30. The molecular formula is C13H24N4O2. The van der Waals surface area contributed by atoms with Gasteiger partial charge in [0.05, 0.1) is 13.2 Å². The van der Waals surface area contributed by atoms with E-state index in [-0.39, 0.29) is 0 Å². The molecule has 0 saturated heterocycles. The summed E-state index contributed by atoms with van der Waals surface area (Å²) in [5.41, 5.74) is 6.79. The average molecular weight is 268 g/mol. The SMILES string of the molecule is CCc1c(N)ncnc1NCCCCOCCOC. The summed E-state index contributed by atoms with van der Waals surface area (Å²) in [5.74, 6) is 1.40. The molecular weight excluding hydrogens is 244 g/mol. The Morgan fingerprint density at radius 1 is 1.21 bits per heavy atom. The monoisotopic (exact) mass is 268 g/mol. The average Bonchev–Trinajstić information content (AvgIpc) is 2.42. The van der Waals surface area contributed by atoms with E-state index in [1.807, 2.05) is 6.92 Å². The van der Waals surface area contributed by atoms with Crippen LogP contribution in [0.15, 0.2) is 6.33 Å². The highest BCUT2D eigenvalue weighted by molar-refractivity contribution is 5.54. The zero-order chi connectivity index (χ0) is 13.9. The lowest BCUT2D eigenvalue weighted by atomic mass is 10.2. The van der Waals surface area contributed by atoms with Gasteiger partial charge in [-0.15, -0.1) is 0 Å². The molecule has 0 radical (unpaired) electrons. The molecule has 0 aliphatic carbocycles. The Balaban J connectivity index is 2.17. The van der Waals surface area contributed by atoms with Gasteiger partial charge in [0, 0.05) is 25.8 Å². The number of unbranched alkanes of at least 4 members (excludes halogenated alkanes) is 1. The van der Waals surface area contributed by atoms with Crippen molar-refractivity contribution in [3.05, 3.63) is 11.9 Å². The minimum absolute atomic E-state index is 0.558. The maximum atomic E-state index is 5.81. The van der Waals surface area contributed by atoms with Crippen molar-refractivity contribution < 1.29 is 9.47 Å². The van der Waals surface area contributed by atoms with E-state index in [4.69, 9.17) is 15.2 Å². The number of methoxy groups -OCH3 is 1. The molecule has 1 aromatic heterocycles. The third-order valence-electron chi connectivity index (χ3n) is 2.77. The first kappa shape index (κ1) is 15.7. The Morgan fingerprint density at radius 2 is 2.05 bits per heavy atom. The Hall–Kier alpha value is -1.40. The van der Waals surface area contributed by atoms with Crippen molar-refractivity contribution in [2.75, 3.05) is 44.5 Å². The highest BCUT2D eigenvalue weighted by Gasteiger charge is 2.05. The van der Waals surface area contributed by atoms with Crippen LogP contribution in [0.5, 0.6) is 0 Å². The molecule has 0 aromatic carbocycles. The quantitative estimate of drug-likeness (QED) is 0.625. The van der Waals surface area contributed by atoms with E-state index in [1.54, 1.807) is 7.11 Å². The maximum Gasteiger partial charge on any atom is 0.134 e. The first-order valence-corrected chi connectivity index (χ1v) is 6.69. The van der Waals surface area contributed by atoms with E-state index < -0.39 is 0 Å². The van der Waals surface area contributed by atoms with Crippen molar-refractivity contribution in [2.45, 2.75) is 26.2 Å². The third-order valence-corrected chi connectivity index (χ3v) is 2.77. The van der Waals surface area contributed by atoms with E-state index in [1.165, 1.54) is 6.33 Å². The molecule has 0 spiro atoms. The van der Waals surface area contributed by atoms with Crippen LogP contribution in [0.2, 0.25) is 0 Å². The van der Waals surface area contributed by atoms with Crippen molar-refractivity contribution in [2.24, 2.45) is 0 Å². The van der Waals surface area contributed by atoms with Gasteiger partial charge in [-0.1, -0.05) is 6.92 Å². The summed E-state index contributed by atoms with van der Waals surface area (Å²) < 4.78 is 10.3. The Labute approximate surface area is 114 Å². The van der Waals surface area contributed by atoms with Crippen molar-refractivity contribution in [1.29, 1.82) is 0 Å². The molecule has 0 atom stereocenters. The van der Waals surface area contributed by atoms with Crippen molar-refractivity contribution >= 4 is 11.6 Å². The fraction of sp³-hybridized carbons (Fsp3) is 0.692. The van der Waals surface area contributed by atoms with Crippen molar-refractivity contribution in [1.82, 2.24) is 9.97 Å². The summed E-state index contributed by atoms with van der Waals surface area (Å²) >= 11 is 0. The normalized spacial score (nSPS) is 10.6. The molecule has 0 bridgehead atoms. The van der Waals surface area contributed by atoms with Crippen LogP contribution < -0.4 is 11.1 Å². The van der Waals surface area contributed by atoms with Crippen molar-refractivity contribution in [3.63, 3.8) is 0 Å². The number of nitrogens with zero attached hydrogens (tertiary/aromatic N) is 2. The molecule has 6 heteroatoms. The van der Waals surface area contributed by atoms with Crippen LogP contribution in [0.3, 0.4) is 0 Å². The molecule has 1 rings (SSSR count). The first-order valence-electron chi connectivity index (χ1n) is 6.69. The van der Waals surface area contributed by atoms with Gasteiger partial charge in [0.1, 0.15) is 18.0 Å². The number of hydrogen-bond donors (Lipinski definition) is 2. The number of aromatic nitrogens is 2. The molecule has 0 unspecified atom stereocenters. The van der Waals surface area contributed by atoms with Crippen LogP contribution in [0, 0.1) is 0 Å². The minimum Gasteiger partial charge on any atom is -0.383 e. The van der Waals surface area contributed by atoms with Gasteiger partial charge in [-0.05, 0) is 19.3 Å². The molecule has 0 aliphatic rings. The predicted molar refractivity (Wildman–Crippen MR) is 76.2 cm³/mol. The predicted octanol–water partition coefficient (Wildman–Crippen LogP) is 1.48. The minimum atomic E-state index is 0.558. The van der Waals surface area contributed by atoms with Crippen LogP contribution in [-0.2, 0) is 15.9 Å². The molecule has 6 nitrogen and oxygen atoms in total. The maximum absolute atomic E-state index is 5.81. The molecule has 108 valence electrons. The van der Waals surface area contributed by atoms with Gasteiger partial charge in [0.25, 0.3) is 0 Å². The number of hydrogen-bond acceptors (Lipinski definition) is 6. The standard InChI is InChI=1S/C13H24N4O2/c1-3-11-12(14)16-10-17-13(11)15-6-4-5-7-19-9-8-18-2/h10H,3-9H2,1-2H3,(H3,14,15,16,17). The van der Waals surface area contributed by atoms with E-state index in [9.17, 15) is 0 Å². The summed E-state index contributed by atoms with van der Waals surface area (Å²) in [7, 11) is 1.67. The van der Waals surface area contributed by atoms with Gasteiger partial charge >= 0.3 is 0 Å². The summed E-state index contributed by atoms with van der Waals surface area (Å²) in [6, 6.07) is 0. The van der Waals surface area contributed by atoms with Crippen LogP contribution in [-0.4, -0.2) is 43.4 Å². The van der Waals surface area contributed by atoms with Crippen LogP contribution in [0.4, 0.5) is 11.6 Å². The van der Waals surface area contributed by atoms with Gasteiger partial charge in [0.2, 0.25) is 0 Å². The van der Waals surface area contributed by atoms with E-state index in [0.29, 0.717) is 19.0 Å². The number of nitrogens with two attached hydrogens (primary N) is 1. The summed E-state index contributed by atoms with van der Waals surface area (Å²) in [4.78, 5) is 8.21. The van der Waals surface area contributed by atoms with Gasteiger partial charge in [-0.25, -0.2) is 9.97 Å². The molecule has 1 heterocycles. The highest BCUT2D eigenvalue weighted by Crippen LogP contribution is 2.17. The van der Waals surface area contributed by atoms with E-state index >= 15 is 0 Å². The lowest BCUT2D eigenvalue weighted by molar-refractivity contribution is 0.0691. The Morgan fingerprint density at radius 3 is 2.79 bits per heavy atom. The van der Waals surface area contributed by atoms with Gasteiger partial charge in [0.15, 0.2) is 0 Å². The Bertz CT molecular complexity index is 360. The van der Waals surface area contributed by atoms with Crippen LogP contribution in [0.1, 0.15) is 25.3 Å². The van der Waals surface area contributed by atoms with Gasteiger partial charge in [-0.2, -0.15) is 0 Å². The fourth-order valence-corrected chi connectivity index (χ4v) is 1.71. The molecule has 0 aliphatic heterocycles. The zero-order valence-corrected chi connectivity index (χ0v) is 11.8. The molecule has 1 aromatic rings. The van der Waals surface area contributed by atoms with Gasteiger partial charge < -0.3 is 20.5 Å². The number of nitrogens with one attached hydrogen (secondary N) is 1. The highest BCUT2D eigenvalue weighted by atomic mass is 16.5. The van der Waals surface area contributed by atoms with Crippen LogP contribution >= 0.6 is 0 Å². The molecule has 0 amide bonds. The van der Waals surface area contributed by atoms with E-state index in [2.05, 4.69) is 15.3 Å². The number of ether oxygens (including phenoxy) is 2. The van der Waals surface area contributed by atoms with Crippen LogP contribution in [0.25, 0.3) is 0 Å².